The lowest BCUT2D eigenvalue weighted by Crippen LogP contribution is -2.35. The molecule has 10 heteroatoms. The van der Waals surface area contributed by atoms with Crippen LogP contribution < -0.4 is 4.90 Å². The van der Waals surface area contributed by atoms with Crippen LogP contribution in [-0.4, -0.2) is 21.7 Å². The number of carbonyl (C=O) groups excluding carboxylic acids is 1. The molecule has 5 nitrogen and oxygen atoms in total. The standard InChI is InChI=1S/C20H20Cl2F3N3O2/c1-6-7-13-16(22)26-11(2)27-17(13)28(18(29)30-19(3,4)5)15-9-8-12(10-14(15)21)20(23,24)25/h6,8-10H,1,7H2,2-5H3. The van der Waals surface area contributed by atoms with Crippen molar-refractivity contribution in [3.05, 3.63) is 58.0 Å². The number of nitrogens with zero attached hydrogens (tertiary/aromatic N) is 3. The van der Waals surface area contributed by atoms with Crippen LogP contribution in [0.3, 0.4) is 0 Å². The molecule has 0 aliphatic heterocycles. The third-order valence-electron chi connectivity index (χ3n) is 3.70. The quantitative estimate of drug-likeness (QED) is 0.366. The molecule has 0 N–H and O–H groups in total. The molecular formula is C20H20Cl2F3N3O2. The second-order valence-electron chi connectivity index (χ2n) is 7.34. The van der Waals surface area contributed by atoms with Gasteiger partial charge >= 0.3 is 12.3 Å². The van der Waals surface area contributed by atoms with Gasteiger partial charge in [0, 0.05) is 5.56 Å². The van der Waals surface area contributed by atoms with Crippen LogP contribution in [-0.2, 0) is 17.3 Å². The summed E-state index contributed by atoms with van der Waals surface area (Å²) in [5.41, 5.74) is -1.54. The monoisotopic (exact) mass is 461 g/mol. The van der Waals surface area contributed by atoms with E-state index < -0.39 is 23.4 Å². The maximum atomic E-state index is 13.1. The average Bonchev–Trinajstić information content (AvgIpc) is 2.57. The number of amides is 1. The summed E-state index contributed by atoms with van der Waals surface area (Å²) in [6, 6.07) is 2.64. The van der Waals surface area contributed by atoms with Crippen molar-refractivity contribution in [2.45, 2.75) is 45.9 Å². The fourth-order valence-electron chi connectivity index (χ4n) is 2.52. The van der Waals surface area contributed by atoms with Crippen LogP contribution in [0.4, 0.5) is 29.5 Å². The Morgan fingerprint density at radius 1 is 1.23 bits per heavy atom. The molecule has 0 fully saturated rings. The van der Waals surface area contributed by atoms with Gasteiger partial charge in [0.05, 0.1) is 16.3 Å². The number of rotatable bonds is 4. The fraction of sp³-hybridized carbons (Fsp3) is 0.350. The van der Waals surface area contributed by atoms with Crippen molar-refractivity contribution in [3.8, 4) is 0 Å². The van der Waals surface area contributed by atoms with Gasteiger partial charge in [0.25, 0.3) is 0 Å². The highest BCUT2D eigenvalue weighted by molar-refractivity contribution is 6.34. The van der Waals surface area contributed by atoms with Crippen molar-refractivity contribution >= 4 is 40.8 Å². The summed E-state index contributed by atoms with van der Waals surface area (Å²) in [6.45, 7) is 10.2. The van der Waals surface area contributed by atoms with E-state index in [0.29, 0.717) is 5.56 Å². The van der Waals surface area contributed by atoms with Gasteiger partial charge < -0.3 is 4.74 Å². The highest BCUT2D eigenvalue weighted by Gasteiger charge is 2.34. The topological polar surface area (TPSA) is 55.3 Å². The molecule has 1 amide bonds. The molecule has 0 saturated carbocycles. The van der Waals surface area contributed by atoms with Crippen LogP contribution in [0.5, 0.6) is 0 Å². The lowest BCUT2D eigenvalue weighted by molar-refractivity contribution is -0.137. The van der Waals surface area contributed by atoms with E-state index in [1.165, 1.54) is 6.08 Å². The lowest BCUT2D eigenvalue weighted by atomic mass is 10.1. The normalized spacial score (nSPS) is 11.9. The molecule has 162 valence electrons. The summed E-state index contributed by atoms with van der Waals surface area (Å²) < 4.78 is 44.6. The van der Waals surface area contributed by atoms with E-state index in [1.54, 1.807) is 27.7 Å². The van der Waals surface area contributed by atoms with Gasteiger partial charge in [-0.25, -0.2) is 19.7 Å². The number of anilines is 2. The van der Waals surface area contributed by atoms with Crippen LogP contribution in [0.25, 0.3) is 0 Å². The molecule has 0 saturated heterocycles. The summed E-state index contributed by atoms with van der Waals surface area (Å²) in [6.07, 6.45) is -3.75. The molecule has 0 aliphatic rings. The number of aromatic nitrogens is 2. The molecule has 30 heavy (non-hydrogen) atoms. The first-order valence-electron chi connectivity index (χ1n) is 8.78. The number of allylic oxidation sites excluding steroid dienone is 1. The summed E-state index contributed by atoms with van der Waals surface area (Å²) in [5.74, 6) is 0.294. The number of benzene rings is 1. The van der Waals surface area contributed by atoms with Crippen molar-refractivity contribution in [2.75, 3.05) is 4.90 Å². The molecule has 2 aromatic rings. The second kappa shape index (κ2) is 8.81. The van der Waals surface area contributed by atoms with Crippen LogP contribution in [0.2, 0.25) is 10.2 Å². The van der Waals surface area contributed by atoms with E-state index in [-0.39, 0.29) is 33.9 Å². The zero-order valence-corrected chi connectivity index (χ0v) is 18.3. The zero-order valence-electron chi connectivity index (χ0n) is 16.8. The van der Waals surface area contributed by atoms with Crippen LogP contribution in [0.15, 0.2) is 30.9 Å². The Morgan fingerprint density at radius 2 is 1.87 bits per heavy atom. The molecule has 2 rings (SSSR count). The lowest BCUT2D eigenvalue weighted by Gasteiger charge is -2.29. The predicted molar refractivity (Wildman–Crippen MR) is 111 cm³/mol. The van der Waals surface area contributed by atoms with E-state index >= 15 is 0 Å². The Kier molecular flexibility index (Phi) is 7.04. The summed E-state index contributed by atoms with van der Waals surface area (Å²) in [5, 5.41) is -0.235. The van der Waals surface area contributed by atoms with Crippen LogP contribution >= 0.6 is 23.2 Å². The minimum absolute atomic E-state index is 0.0432. The van der Waals surface area contributed by atoms with E-state index in [0.717, 1.165) is 23.1 Å². The predicted octanol–water partition coefficient (Wildman–Crippen LogP) is 6.91. The molecule has 0 aliphatic carbocycles. The van der Waals surface area contributed by atoms with Crippen molar-refractivity contribution in [1.82, 2.24) is 9.97 Å². The van der Waals surface area contributed by atoms with Crippen molar-refractivity contribution in [2.24, 2.45) is 0 Å². The summed E-state index contributed by atoms with van der Waals surface area (Å²) >= 11 is 12.4. The number of alkyl halides is 3. The Labute approximate surface area is 182 Å². The molecule has 0 spiro atoms. The van der Waals surface area contributed by atoms with Gasteiger partial charge in [-0.15, -0.1) is 6.58 Å². The van der Waals surface area contributed by atoms with Crippen molar-refractivity contribution in [1.29, 1.82) is 0 Å². The third-order valence-corrected chi connectivity index (χ3v) is 4.31. The van der Waals surface area contributed by atoms with E-state index in [1.807, 2.05) is 0 Å². The Bertz CT molecular complexity index is 973. The Balaban J connectivity index is 2.75. The molecule has 0 bridgehead atoms. The molecule has 1 aromatic carbocycles. The molecule has 1 heterocycles. The van der Waals surface area contributed by atoms with Crippen LogP contribution in [0.1, 0.15) is 37.7 Å². The molecule has 0 radical (unpaired) electrons. The number of hydrogen-bond acceptors (Lipinski definition) is 4. The number of carbonyl (C=O) groups is 1. The van der Waals surface area contributed by atoms with Gasteiger partial charge in [0.1, 0.15) is 16.6 Å². The minimum Gasteiger partial charge on any atom is -0.443 e. The third kappa shape index (κ3) is 5.64. The second-order valence-corrected chi connectivity index (χ2v) is 8.10. The maximum absolute atomic E-state index is 13.1. The van der Waals surface area contributed by atoms with Gasteiger partial charge in [-0.3, -0.25) is 0 Å². The highest BCUT2D eigenvalue weighted by Crippen LogP contribution is 2.39. The van der Waals surface area contributed by atoms with Gasteiger partial charge in [-0.05, 0) is 52.3 Å². The van der Waals surface area contributed by atoms with Crippen LogP contribution in [0, 0.1) is 6.92 Å². The summed E-state index contributed by atoms with van der Waals surface area (Å²) in [4.78, 5) is 22.4. The fourth-order valence-corrected chi connectivity index (χ4v) is 3.07. The first-order chi connectivity index (χ1) is 13.7. The van der Waals surface area contributed by atoms with Gasteiger partial charge in [0.2, 0.25) is 0 Å². The largest absolute Gasteiger partial charge is 0.443 e. The summed E-state index contributed by atoms with van der Waals surface area (Å²) in [7, 11) is 0. The molecular weight excluding hydrogens is 442 g/mol. The first-order valence-corrected chi connectivity index (χ1v) is 9.54. The van der Waals surface area contributed by atoms with E-state index in [4.69, 9.17) is 27.9 Å². The molecule has 0 unspecified atom stereocenters. The van der Waals surface area contributed by atoms with Gasteiger partial charge in [-0.2, -0.15) is 13.2 Å². The van der Waals surface area contributed by atoms with E-state index in [9.17, 15) is 18.0 Å². The molecule has 1 aromatic heterocycles. The smallest absolute Gasteiger partial charge is 0.420 e. The van der Waals surface area contributed by atoms with Gasteiger partial charge in [0.15, 0.2) is 5.82 Å². The highest BCUT2D eigenvalue weighted by atomic mass is 35.5. The zero-order chi connectivity index (χ0) is 22.9. The number of ether oxygens (including phenoxy) is 1. The van der Waals surface area contributed by atoms with Crippen molar-refractivity contribution in [3.63, 3.8) is 0 Å². The Hall–Kier alpha value is -2.32. The van der Waals surface area contributed by atoms with Gasteiger partial charge in [-0.1, -0.05) is 29.3 Å². The maximum Gasteiger partial charge on any atom is 0.420 e. The Morgan fingerprint density at radius 3 is 2.37 bits per heavy atom. The number of halogens is 5. The number of aryl methyl sites for hydroxylation is 1. The molecule has 0 atom stereocenters. The van der Waals surface area contributed by atoms with Crippen molar-refractivity contribution < 1.29 is 22.7 Å². The SMILES string of the molecule is C=CCc1c(Cl)nc(C)nc1N(C(=O)OC(C)(C)C)c1ccc(C(F)(F)F)cc1Cl. The number of hydrogen-bond donors (Lipinski definition) is 0. The minimum atomic E-state index is -4.60. The van der Waals surface area contributed by atoms with E-state index in [2.05, 4.69) is 16.5 Å². The average molecular weight is 462 g/mol. The first kappa shape index (κ1) is 24.0.